The van der Waals surface area contributed by atoms with Gasteiger partial charge in [-0.05, 0) is 74.0 Å². The molecule has 0 spiro atoms. The molecule has 2 atom stereocenters. The Morgan fingerprint density at radius 1 is 0.824 bits per heavy atom. The fraction of sp³-hybridized carbons (Fsp3) is 0.417. The maximum Gasteiger partial charge on any atom is 0.573 e. The average Bonchev–Trinajstić information content (AvgIpc) is 3.10. The molecule has 3 aromatic rings. The molecule has 2 unspecified atom stereocenters. The van der Waals surface area contributed by atoms with Crippen LogP contribution in [0.3, 0.4) is 0 Å². The number of hydrogen-bond donors (Lipinski definition) is 3. The Morgan fingerprint density at radius 3 is 1.92 bits per heavy atom. The first-order chi connectivity index (χ1) is 24.2. The van der Waals surface area contributed by atoms with Gasteiger partial charge in [0.1, 0.15) is 11.5 Å². The number of rotatable bonds is 14. The first-order valence-corrected chi connectivity index (χ1v) is 16.2. The highest BCUT2D eigenvalue weighted by atomic mass is 19.4. The first-order valence-electron chi connectivity index (χ1n) is 16.2. The molecular formula is C36H45F6N3O6. The van der Waals surface area contributed by atoms with E-state index in [0.717, 1.165) is 31.4 Å². The molecule has 0 fully saturated rings. The molecule has 0 aromatic heterocycles. The molecule has 2 amide bonds. The van der Waals surface area contributed by atoms with E-state index in [1.54, 1.807) is 31.2 Å². The molecule has 4 N–H and O–H groups in total. The topological polar surface area (TPSA) is 129 Å². The summed E-state index contributed by atoms with van der Waals surface area (Å²) in [6.45, 7) is 7.84. The normalized spacial score (nSPS) is 12.1. The van der Waals surface area contributed by atoms with Crippen molar-refractivity contribution < 1.29 is 54.9 Å². The monoisotopic (exact) mass is 729 g/mol. The minimum absolute atomic E-state index is 0.00582. The average molecular weight is 730 g/mol. The largest absolute Gasteiger partial charge is 0.573 e. The van der Waals surface area contributed by atoms with Crippen LogP contribution in [-0.2, 0) is 15.7 Å². The van der Waals surface area contributed by atoms with Gasteiger partial charge in [-0.25, -0.2) is 0 Å². The van der Waals surface area contributed by atoms with Crippen LogP contribution in [0.15, 0.2) is 66.7 Å². The van der Waals surface area contributed by atoms with E-state index in [-0.39, 0.29) is 36.4 Å². The third kappa shape index (κ3) is 14.2. The Bertz CT molecular complexity index is 1510. The Hall–Kier alpha value is -4.79. The Labute approximate surface area is 293 Å². The van der Waals surface area contributed by atoms with Crippen LogP contribution in [0, 0.1) is 0 Å². The minimum Gasteiger partial charge on any atom is -0.496 e. The number of nitrogens with one attached hydrogen (secondary N) is 2. The van der Waals surface area contributed by atoms with Crippen LogP contribution in [0.4, 0.5) is 26.3 Å². The van der Waals surface area contributed by atoms with Crippen molar-refractivity contribution >= 4 is 17.8 Å². The Morgan fingerprint density at radius 2 is 1.41 bits per heavy atom. The van der Waals surface area contributed by atoms with Crippen molar-refractivity contribution in [2.24, 2.45) is 5.73 Å². The minimum atomic E-state index is -4.92. The fourth-order valence-electron chi connectivity index (χ4n) is 4.90. The Kier molecular flexibility index (Phi) is 18.6. The van der Waals surface area contributed by atoms with Crippen molar-refractivity contribution in [1.29, 1.82) is 0 Å². The summed E-state index contributed by atoms with van der Waals surface area (Å²) < 4.78 is 92.2. The number of ether oxygens (including phenoxy) is 3. The van der Waals surface area contributed by atoms with Crippen LogP contribution < -0.4 is 25.8 Å². The zero-order chi connectivity index (χ0) is 38.8. The van der Waals surface area contributed by atoms with Crippen LogP contribution in [0.5, 0.6) is 11.5 Å². The van der Waals surface area contributed by atoms with Crippen molar-refractivity contribution in [2.75, 3.05) is 27.3 Å². The van der Waals surface area contributed by atoms with Crippen LogP contribution in [0.25, 0.3) is 0 Å². The second-order valence-electron chi connectivity index (χ2n) is 10.3. The van der Waals surface area contributed by atoms with Gasteiger partial charge in [-0.15, -0.1) is 13.2 Å². The van der Waals surface area contributed by atoms with E-state index in [9.17, 15) is 40.7 Å². The van der Waals surface area contributed by atoms with Gasteiger partial charge in [-0.2, -0.15) is 13.2 Å². The molecule has 0 aliphatic rings. The van der Waals surface area contributed by atoms with Gasteiger partial charge in [0.05, 0.1) is 37.3 Å². The van der Waals surface area contributed by atoms with Crippen LogP contribution >= 0.6 is 0 Å². The van der Waals surface area contributed by atoms with Crippen LogP contribution in [0.2, 0.25) is 0 Å². The highest BCUT2D eigenvalue weighted by Gasteiger charge is 2.34. The highest BCUT2D eigenvalue weighted by molar-refractivity contribution is 5.97. The SMILES string of the molecule is CC.CCCC(c1ccc(C(=O)NCCC(=O)OCC)cc1)C(NC(=O)c1ccc(C(F)(F)F)cc1OC)c1ccc(OC(F)(F)F)cc1.CN. The second-order valence-corrected chi connectivity index (χ2v) is 10.3. The predicted molar refractivity (Wildman–Crippen MR) is 180 cm³/mol. The number of amides is 2. The van der Waals surface area contributed by atoms with E-state index in [1.165, 1.54) is 19.2 Å². The number of nitrogens with two attached hydrogens (primary N) is 1. The molecule has 0 saturated heterocycles. The van der Waals surface area contributed by atoms with Crippen molar-refractivity contribution in [3.05, 3.63) is 94.5 Å². The summed E-state index contributed by atoms with van der Waals surface area (Å²) in [6, 6.07) is 12.9. The van der Waals surface area contributed by atoms with Gasteiger partial charge < -0.3 is 30.6 Å². The lowest BCUT2D eigenvalue weighted by molar-refractivity contribution is -0.274. The molecule has 3 rings (SSSR count). The van der Waals surface area contributed by atoms with Crippen LogP contribution in [0.1, 0.15) is 96.3 Å². The maximum atomic E-state index is 13.6. The standard InChI is InChI=1S/C33H34F6N2O6.C2H6.CH5N/c1-4-6-25(20-7-9-22(10-8-20)30(43)40-18-17-28(42)46-5-2)29(21-11-14-24(15-12-21)47-33(37,38)39)41-31(44)26-16-13-23(32(34,35)36)19-27(26)45-3;2*1-2/h7-16,19,25,29H,4-6,17-18H2,1-3H3,(H,40,43)(H,41,44);1-2H3;2H2,1H3. The summed E-state index contributed by atoms with van der Waals surface area (Å²) in [7, 11) is 2.62. The fourth-order valence-corrected chi connectivity index (χ4v) is 4.90. The molecule has 3 aromatic carbocycles. The lowest BCUT2D eigenvalue weighted by Crippen LogP contribution is -2.33. The van der Waals surface area contributed by atoms with Gasteiger partial charge in [-0.1, -0.05) is 51.5 Å². The lowest BCUT2D eigenvalue weighted by atomic mass is 9.83. The molecule has 0 aliphatic carbocycles. The molecule has 0 heterocycles. The van der Waals surface area contributed by atoms with Crippen molar-refractivity contribution in [3.63, 3.8) is 0 Å². The van der Waals surface area contributed by atoms with E-state index in [2.05, 4.69) is 21.1 Å². The molecule has 9 nitrogen and oxygen atoms in total. The molecule has 0 saturated carbocycles. The number of methoxy groups -OCH3 is 1. The second kappa shape index (κ2) is 21.4. The number of hydrogen-bond acceptors (Lipinski definition) is 7. The Balaban J connectivity index is 0.00000313. The molecular weight excluding hydrogens is 684 g/mol. The highest BCUT2D eigenvalue weighted by Crippen LogP contribution is 2.38. The molecule has 0 aliphatic heterocycles. The molecule has 15 heteroatoms. The molecule has 51 heavy (non-hydrogen) atoms. The summed E-state index contributed by atoms with van der Waals surface area (Å²) in [6.07, 6.45) is -8.55. The van der Waals surface area contributed by atoms with E-state index >= 15 is 0 Å². The molecule has 0 bridgehead atoms. The van der Waals surface area contributed by atoms with Crippen LogP contribution in [-0.4, -0.2) is 51.5 Å². The number of carbonyl (C=O) groups is 3. The van der Waals surface area contributed by atoms with E-state index < -0.39 is 53.6 Å². The summed E-state index contributed by atoms with van der Waals surface area (Å²) in [5.41, 5.74) is 4.63. The summed E-state index contributed by atoms with van der Waals surface area (Å²) in [5.74, 6) is -2.98. The molecule has 0 radical (unpaired) electrons. The van der Waals surface area contributed by atoms with Gasteiger partial charge >= 0.3 is 18.5 Å². The summed E-state index contributed by atoms with van der Waals surface area (Å²) >= 11 is 0. The summed E-state index contributed by atoms with van der Waals surface area (Å²) in [5, 5.41) is 5.46. The maximum absolute atomic E-state index is 13.6. The number of carbonyl (C=O) groups excluding carboxylic acids is 3. The quantitative estimate of drug-likeness (QED) is 0.114. The van der Waals surface area contributed by atoms with Gasteiger partial charge in [0.25, 0.3) is 11.8 Å². The van der Waals surface area contributed by atoms with Gasteiger partial charge in [0, 0.05) is 18.0 Å². The summed E-state index contributed by atoms with van der Waals surface area (Å²) in [4.78, 5) is 37.7. The third-order valence-electron chi connectivity index (χ3n) is 7.06. The number of esters is 1. The van der Waals surface area contributed by atoms with E-state index in [1.807, 2.05) is 20.8 Å². The van der Waals surface area contributed by atoms with Gasteiger partial charge in [0.15, 0.2) is 0 Å². The molecule has 282 valence electrons. The third-order valence-corrected chi connectivity index (χ3v) is 7.06. The van der Waals surface area contributed by atoms with Crippen molar-refractivity contribution in [2.45, 2.75) is 71.5 Å². The predicted octanol–water partition coefficient (Wildman–Crippen LogP) is 7.95. The zero-order valence-electron chi connectivity index (χ0n) is 29.3. The van der Waals surface area contributed by atoms with E-state index in [0.29, 0.717) is 30.0 Å². The first kappa shape index (κ1) is 44.2. The lowest BCUT2D eigenvalue weighted by Gasteiger charge is -2.29. The van der Waals surface area contributed by atoms with Gasteiger partial charge in [0.2, 0.25) is 0 Å². The van der Waals surface area contributed by atoms with Crippen molar-refractivity contribution in [3.8, 4) is 11.5 Å². The zero-order valence-corrected chi connectivity index (χ0v) is 29.3. The number of halogens is 6. The van der Waals surface area contributed by atoms with E-state index in [4.69, 9.17) is 9.47 Å². The van der Waals surface area contributed by atoms with Crippen molar-refractivity contribution in [1.82, 2.24) is 10.6 Å². The smallest absolute Gasteiger partial charge is 0.496 e. The number of benzene rings is 3. The number of alkyl halides is 6. The van der Waals surface area contributed by atoms with Gasteiger partial charge in [-0.3, -0.25) is 14.4 Å².